The van der Waals surface area contributed by atoms with E-state index in [4.69, 9.17) is 10.5 Å². The number of nitrogens with zero attached hydrogens (tertiary/aromatic N) is 2. The van der Waals surface area contributed by atoms with Gasteiger partial charge in [-0.3, -0.25) is 0 Å². The van der Waals surface area contributed by atoms with E-state index in [1.54, 1.807) is 7.11 Å². The van der Waals surface area contributed by atoms with Crippen molar-refractivity contribution in [2.45, 2.75) is 0 Å². The van der Waals surface area contributed by atoms with E-state index in [1.807, 2.05) is 18.2 Å². The molecule has 1 heterocycles. The summed E-state index contributed by atoms with van der Waals surface area (Å²) < 4.78 is 6.40. The Morgan fingerprint density at radius 3 is 2.80 bits per heavy atom. The minimum atomic E-state index is 0.464. The number of aromatic nitrogens is 2. The highest BCUT2D eigenvalue weighted by Crippen LogP contribution is 2.33. The fourth-order valence-electron chi connectivity index (χ4n) is 1.19. The molecule has 0 saturated carbocycles. The van der Waals surface area contributed by atoms with Gasteiger partial charge < -0.3 is 10.5 Å². The second-order valence-electron chi connectivity index (χ2n) is 2.79. The number of halogens is 1. The van der Waals surface area contributed by atoms with Gasteiger partial charge in [-0.2, -0.15) is 0 Å². The van der Waals surface area contributed by atoms with Crippen LogP contribution < -0.4 is 10.5 Å². The van der Waals surface area contributed by atoms with Gasteiger partial charge in [0.2, 0.25) is 5.13 Å². The molecule has 0 aliphatic carbocycles. The largest absolute Gasteiger partial charge is 0.496 e. The van der Waals surface area contributed by atoms with Crippen LogP contribution in [0.15, 0.2) is 18.2 Å². The van der Waals surface area contributed by atoms with Crippen LogP contribution in [0, 0.1) is 3.57 Å². The predicted octanol–water partition coefficient (Wildman–Crippen LogP) is 2.40. The van der Waals surface area contributed by atoms with Crippen LogP contribution in [-0.2, 0) is 0 Å². The molecule has 4 nitrogen and oxygen atoms in total. The summed E-state index contributed by atoms with van der Waals surface area (Å²) in [6, 6.07) is 5.91. The van der Waals surface area contributed by atoms with Crippen LogP contribution in [0.5, 0.6) is 5.75 Å². The normalized spacial score (nSPS) is 10.3. The highest BCUT2D eigenvalue weighted by molar-refractivity contribution is 14.1. The van der Waals surface area contributed by atoms with Crippen molar-refractivity contribution in [1.82, 2.24) is 10.2 Å². The van der Waals surface area contributed by atoms with Gasteiger partial charge in [0, 0.05) is 3.57 Å². The summed E-state index contributed by atoms with van der Waals surface area (Å²) >= 11 is 3.58. The number of hydrogen-bond acceptors (Lipinski definition) is 5. The molecule has 0 spiro atoms. The summed E-state index contributed by atoms with van der Waals surface area (Å²) in [5, 5.41) is 9.01. The molecule has 2 aromatic rings. The van der Waals surface area contributed by atoms with E-state index < -0.39 is 0 Å². The van der Waals surface area contributed by atoms with Crippen LogP contribution in [0.3, 0.4) is 0 Å². The van der Waals surface area contributed by atoms with E-state index >= 15 is 0 Å². The first kappa shape index (κ1) is 10.6. The first-order valence-electron chi connectivity index (χ1n) is 4.13. The lowest BCUT2D eigenvalue weighted by atomic mass is 10.2. The molecular weight excluding hydrogens is 325 g/mol. The molecule has 0 amide bonds. The van der Waals surface area contributed by atoms with Crippen molar-refractivity contribution in [3.8, 4) is 16.3 Å². The van der Waals surface area contributed by atoms with Gasteiger partial charge in [0.1, 0.15) is 5.75 Å². The van der Waals surface area contributed by atoms with Crippen LogP contribution in [-0.4, -0.2) is 17.3 Å². The first-order valence-corrected chi connectivity index (χ1v) is 6.03. The summed E-state index contributed by atoms with van der Waals surface area (Å²) in [5.74, 6) is 0.790. The number of anilines is 1. The Labute approximate surface area is 105 Å². The third-order valence-electron chi connectivity index (χ3n) is 1.83. The monoisotopic (exact) mass is 333 g/mol. The number of ether oxygens (including phenoxy) is 1. The summed E-state index contributed by atoms with van der Waals surface area (Å²) in [7, 11) is 1.64. The van der Waals surface area contributed by atoms with Gasteiger partial charge in [0.15, 0.2) is 5.01 Å². The van der Waals surface area contributed by atoms with E-state index in [0.29, 0.717) is 5.13 Å². The second-order valence-corrected chi connectivity index (χ2v) is 5.04. The number of nitrogen functional groups attached to an aromatic ring is 1. The van der Waals surface area contributed by atoms with Crippen molar-refractivity contribution in [3.05, 3.63) is 21.8 Å². The molecule has 0 fully saturated rings. The molecule has 0 atom stereocenters. The summed E-state index contributed by atoms with van der Waals surface area (Å²) in [6.07, 6.45) is 0. The third kappa shape index (κ3) is 2.20. The summed E-state index contributed by atoms with van der Waals surface area (Å²) in [5.41, 5.74) is 6.46. The SMILES string of the molecule is COc1cc(I)ccc1-c1nnc(N)s1. The van der Waals surface area contributed by atoms with Crippen molar-refractivity contribution in [3.63, 3.8) is 0 Å². The Balaban J connectivity index is 2.52. The Kier molecular flexibility index (Phi) is 3.06. The first-order chi connectivity index (χ1) is 7.20. The average molecular weight is 333 g/mol. The molecule has 15 heavy (non-hydrogen) atoms. The Bertz CT molecular complexity index is 486. The lowest BCUT2D eigenvalue weighted by Gasteiger charge is -2.05. The third-order valence-corrected chi connectivity index (χ3v) is 3.29. The van der Waals surface area contributed by atoms with Gasteiger partial charge in [-0.05, 0) is 40.8 Å². The highest BCUT2D eigenvalue weighted by Gasteiger charge is 2.10. The minimum Gasteiger partial charge on any atom is -0.496 e. The van der Waals surface area contributed by atoms with Crippen LogP contribution >= 0.6 is 33.9 Å². The quantitative estimate of drug-likeness (QED) is 0.858. The van der Waals surface area contributed by atoms with Gasteiger partial charge in [-0.1, -0.05) is 11.3 Å². The molecule has 0 aliphatic rings. The number of rotatable bonds is 2. The van der Waals surface area contributed by atoms with Gasteiger partial charge in [-0.15, -0.1) is 10.2 Å². The van der Waals surface area contributed by atoms with Crippen LogP contribution in [0.1, 0.15) is 0 Å². The number of benzene rings is 1. The van der Waals surface area contributed by atoms with E-state index in [-0.39, 0.29) is 0 Å². The maximum atomic E-state index is 5.54. The molecule has 0 aliphatic heterocycles. The van der Waals surface area contributed by atoms with Gasteiger partial charge in [0.05, 0.1) is 12.7 Å². The zero-order chi connectivity index (χ0) is 10.8. The van der Waals surface area contributed by atoms with E-state index in [1.165, 1.54) is 11.3 Å². The number of hydrogen-bond donors (Lipinski definition) is 1. The van der Waals surface area contributed by atoms with Gasteiger partial charge in [0.25, 0.3) is 0 Å². The van der Waals surface area contributed by atoms with Crippen molar-refractivity contribution in [1.29, 1.82) is 0 Å². The molecule has 0 unspecified atom stereocenters. The summed E-state index contributed by atoms with van der Waals surface area (Å²) in [4.78, 5) is 0. The average Bonchev–Trinajstić information content (AvgIpc) is 2.64. The second kappa shape index (κ2) is 4.31. The van der Waals surface area contributed by atoms with Gasteiger partial charge in [-0.25, -0.2) is 0 Å². The van der Waals surface area contributed by atoms with Gasteiger partial charge >= 0.3 is 0 Å². The van der Waals surface area contributed by atoms with Crippen molar-refractivity contribution in [2.24, 2.45) is 0 Å². The van der Waals surface area contributed by atoms with E-state index in [2.05, 4.69) is 32.8 Å². The molecule has 0 bridgehead atoms. The maximum Gasteiger partial charge on any atom is 0.203 e. The minimum absolute atomic E-state index is 0.464. The lowest BCUT2D eigenvalue weighted by Crippen LogP contribution is -1.88. The topological polar surface area (TPSA) is 61.0 Å². The fourth-order valence-corrected chi connectivity index (χ4v) is 2.29. The van der Waals surface area contributed by atoms with Crippen molar-refractivity contribution < 1.29 is 4.74 Å². The van der Waals surface area contributed by atoms with Crippen molar-refractivity contribution in [2.75, 3.05) is 12.8 Å². The molecule has 2 rings (SSSR count). The molecule has 78 valence electrons. The van der Waals surface area contributed by atoms with E-state index in [9.17, 15) is 0 Å². The number of methoxy groups -OCH3 is 1. The standard InChI is InChI=1S/C9H8IN3OS/c1-14-7-4-5(10)2-3-6(7)8-12-13-9(11)15-8/h2-4H,1H3,(H2,11,13). The van der Waals surface area contributed by atoms with Crippen molar-refractivity contribution >= 4 is 39.1 Å². The molecule has 2 N–H and O–H groups in total. The number of nitrogens with two attached hydrogens (primary N) is 1. The zero-order valence-electron chi connectivity index (χ0n) is 7.90. The Morgan fingerprint density at radius 2 is 2.20 bits per heavy atom. The Hall–Kier alpha value is -0.890. The zero-order valence-corrected chi connectivity index (χ0v) is 10.9. The maximum absolute atomic E-state index is 5.54. The van der Waals surface area contributed by atoms with Crippen LogP contribution in [0.4, 0.5) is 5.13 Å². The van der Waals surface area contributed by atoms with Crippen LogP contribution in [0.2, 0.25) is 0 Å². The summed E-state index contributed by atoms with van der Waals surface area (Å²) in [6.45, 7) is 0. The smallest absolute Gasteiger partial charge is 0.203 e. The molecule has 1 aromatic carbocycles. The lowest BCUT2D eigenvalue weighted by molar-refractivity contribution is 0.416. The highest BCUT2D eigenvalue weighted by atomic mass is 127. The Morgan fingerprint density at radius 1 is 1.40 bits per heavy atom. The molecular formula is C9H8IN3OS. The molecule has 0 radical (unpaired) electrons. The predicted molar refractivity (Wildman–Crippen MR) is 69.0 cm³/mol. The molecule has 6 heteroatoms. The molecule has 0 saturated heterocycles. The van der Waals surface area contributed by atoms with Crippen LogP contribution in [0.25, 0.3) is 10.6 Å². The van der Waals surface area contributed by atoms with E-state index in [0.717, 1.165) is 19.9 Å². The molecule has 1 aromatic heterocycles. The fraction of sp³-hybridized carbons (Fsp3) is 0.111.